The van der Waals surface area contributed by atoms with E-state index < -0.39 is 5.60 Å². The van der Waals surface area contributed by atoms with E-state index in [1.54, 1.807) is 12.1 Å². The van der Waals surface area contributed by atoms with Crippen molar-refractivity contribution in [1.82, 2.24) is 14.7 Å². The van der Waals surface area contributed by atoms with Crippen LogP contribution >= 0.6 is 0 Å². The zero-order chi connectivity index (χ0) is 17.0. The fourth-order valence-electron chi connectivity index (χ4n) is 3.04. The predicted molar refractivity (Wildman–Crippen MR) is 89.3 cm³/mol. The molecule has 3 rings (SSSR count). The molecule has 0 spiro atoms. The third-order valence-electron chi connectivity index (χ3n) is 4.28. The fourth-order valence-corrected chi connectivity index (χ4v) is 3.04. The quantitative estimate of drug-likeness (QED) is 0.846. The summed E-state index contributed by atoms with van der Waals surface area (Å²) in [5, 5.41) is 15.0. The van der Waals surface area contributed by atoms with Gasteiger partial charge in [0.1, 0.15) is 23.8 Å². The van der Waals surface area contributed by atoms with Crippen LogP contribution in [0.25, 0.3) is 0 Å². The topological polar surface area (TPSA) is 50.5 Å². The van der Waals surface area contributed by atoms with Gasteiger partial charge in [-0.25, -0.2) is 4.39 Å². The number of hydrogen-bond donors (Lipinski definition) is 1. The first kappa shape index (κ1) is 16.9. The predicted octanol–water partition coefficient (Wildman–Crippen LogP) is 2.45. The highest BCUT2D eigenvalue weighted by Crippen LogP contribution is 2.24. The number of β-amino-alcohol motifs (C(OH)–C–C–N with tert-alkyl or cyclic N) is 1. The molecule has 0 bridgehead atoms. The zero-order valence-corrected chi connectivity index (χ0v) is 14.0. The summed E-state index contributed by atoms with van der Waals surface area (Å²) in [6, 6.07) is 5.86. The molecule has 1 atom stereocenters. The Labute approximate surface area is 141 Å². The standard InChI is InChI=1S/C18H24FN3O2/c1-2-8-22-12-15(10-20-22)11-21-9-7-18(23,13-21)14-24-17-5-3-16(19)4-6-17/h3-6,10,12,23H,2,7-9,11,13-14H2,1H3. The summed E-state index contributed by atoms with van der Waals surface area (Å²) in [6.45, 7) is 5.43. The van der Waals surface area contributed by atoms with E-state index in [0.29, 0.717) is 18.7 Å². The van der Waals surface area contributed by atoms with E-state index in [4.69, 9.17) is 4.74 Å². The third-order valence-corrected chi connectivity index (χ3v) is 4.28. The summed E-state index contributed by atoms with van der Waals surface area (Å²) in [4.78, 5) is 2.21. The Kier molecular flexibility index (Phi) is 5.16. The summed E-state index contributed by atoms with van der Waals surface area (Å²) in [5.41, 5.74) is 0.292. The average Bonchev–Trinajstić information content (AvgIpc) is 3.15. The first-order chi connectivity index (χ1) is 11.6. The first-order valence-corrected chi connectivity index (χ1v) is 8.41. The molecule has 0 aliphatic carbocycles. The minimum atomic E-state index is -0.867. The molecule has 1 fully saturated rings. The van der Waals surface area contributed by atoms with Crippen LogP contribution in [-0.2, 0) is 13.1 Å². The molecular formula is C18H24FN3O2. The zero-order valence-electron chi connectivity index (χ0n) is 14.0. The Bertz CT molecular complexity index is 659. The van der Waals surface area contributed by atoms with Gasteiger partial charge in [-0.3, -0.25) is 9.58 Å². The Balaban J connectivity index is 1.50. The number of likely N-dealkylation sites (tertiary alicyclic amines) is 1. The van der Waals surface area contributed by atoms with Crippen LogP contribution in [-0.4, -0.2) is 45.1 Å². The minimum absolute atomic E-state index is 0.213. The number of aliphatic hydroxyl groups is 1. The molecule has 1 aliphatic heterocycles. The average molecular weight is 333 g/mol. The molecule has 2 aromatic rings. The van der Waals surface area contributed by atoms with Gasteiger partial charge in [-0.15, -0.1) is 0 Å². The second-order valence-corrected chi connectivity index (χ2v) is 6.54. The lowest BCUT2D eigenvalue weighted by Gasteiger charge is -2.23. The van der Waals surface area contributed by atoms with Crippen LogP contribution in [0.2, 0.25) is 0 Å². The second-order valence-electron chi connectivity index (χ2n) is 6.54. The van der Waals surface area contributed by atoms with Gasteiger partial charge in [0.05, 0.1) is 6.20 Å². The molecular weight excluding hydrogens is 309 g/mol. The van der Waals surface area contributed by atoms with Gasteiger partial charge in [-0.1, -0.05) is 6.92 Å². The number of hydrogen-bond acceptors (Lipinski definition) is 4. The Hall–Kier alpha value is -1.92. The maximum absolute atomic E-state index is 12.9. The highest BCUT2D eigenvalue weighted by Gasteiger charge is 2.36. The van der Waals surface area contributed by atoms with E-state index in [1.165, 1.54) is 12.1 Å². The van der Waals surface area contributed by atoms with Gasteiger partial charge < -0.3 is 9.84 Å². The minimum Gasteiger partial charge on any atom is -0.491 e. The van der Waals surface area contributed by atoms with Crippen LogP contribution in [0.15, 0.2) is 36.7 Å². The highest BCUT2D eigenvalue weighted by molar-refractivity contribution is 5.22. The maximum atomic E-state index is 12.9. The molecule has 0 radical (unpaired) electrons. The van der Waals surface area contributed by atoms with Crippen molar-refractivity contribution in [1.29, 1.82) is 0 Å². The number of rotatable bonds is 7. The van der Waals surface area contributed by atoms with Crippen LogP contribution < -0.4 is 4.74 Å². The van der Waals surface area contributed by atoms with Gasteiger partial charge in [0.15, 0.2) is 0 Å². The third kappa shape index (κ3) is 4.33. The largest absolute Gasteiger partial charge is 0.491 e. The molecule has 2 heterocycles. The van der Waals surface area contributed by atoms with Crippen LogP contribution in [0.1, 0.15) is 25.3 Å². The van der Waals surface area contributed by atoms with Crippen molar-refractivity contribution >= 4 is 0 Å². The lowest BCUT2D eigenvalue weighted by atomic mass is 10.1. The van der Waals surface area contributed by atoms with Crippen LogP contribution in [0.4, 0.5) is 4.39 Å². The van der Waals surface area contributed by atoms with Crippen LogP contribution in [0.5, 0.6) is 5.75 Å². The van der Waals surface area contributed by atoms with E-state index in [9.17, 15) is 9.50 Å². The van der Waals surface area contributed by atoms with E-state index in [-0.39, 0.29) is 12.4 Å². The number of benzene rings is 1. The first-order valence-electron chi connectivity index (χ1n) is 8.41. The molecule has 6 heteroatoms. The lowest BCUT2D eigenvalue weighted by molar-refractivity contribution is 0.00336. The maximum Gasteiger partial charge on any atom is 0.123 e. The number of ether oxygens (including phenoxy) is 1. The molecule has 1 aliphatic rings. The van der Waals surface area contributed by atoms with Gasteiger partial charge in [0.2, 0.25) is 0 Å². The smallest absolute Gasteiger partial charge is 0.123 e. The van der Waals surface area contributed by atoms with Crippen LogP contribution in [0, 0.1) is 5.82 Å². The SMILES string of the molecule is CCCn1cc(CN2CCC(O)(COc3ccc(F)cc3)C2)cn1. The number of aryl methyl sites for hydroxylation is 1. The van der Waals surface area contributed by atoms with Crippen LogP contribution in [0.3, 0.4) is 0 Å². The summed E-state index contributed by atoms with van der Waals surface area (Å²) < 4.78 is 20.5. The van der Waals surface area contributed by atoms with Gasteiger partial charge in [0, 0.05) is 37.9 Å². The number of aromatic nitrogens is 2. The van der Waals surface area contributed by atoms with E-state index in [1.807, 2.05) is 10.9 Å². The molecule has 1 saturated heterocycles. The van der Waals surface area contributed by atoms with Gasteiger partial charge in [0.25, 0.3) is 0 Å². The summed E-state index contributed by atoms with van der Waals surface area (Å²) in [6.07, 6.45) is 5.68. The Morgan fingerprint density at radius 2 is 2.12 bits per heavy atom. The monoisotopic (exact) mass is 333 g/mol. The molecule has 1 aromatic heterocycles. The van der Waals surface area contributed by atoms with Gasteiger partial charge >= 0.3 is 0 Å². The summed E-state index contributed by atoms with van der Waals surface area (Å²) >= 11 is 0. The molecule has 130 valence electrons. The van der Waals surface area contributed by atoms with Gasteiger partial charge in [-0.05, 0) is 37.1 Å². The molecule has 5 nitrogen and oxygen atoms in total. The molecule has 1 aromatic carbocycles. The molecule has 1 N–H and O–H groups in total. The number of nitrogens with zero attached hydrogens (tertiary/aromatic N) is 3. The molecule has 1 unspecified atom stereocenters. The lowest BCUT2D eigenvalue weighted by Crippen LogP contribution is -2.39. The van der Waals surface area contributed by atoms with Crippen molar-refractivity contribution in [2.45, 2.75) is 38.5 Å². The Morgan fingerprint density at radius 3 is 2.88 bits per heavy atom. The molecule has 0 saturated carbocycles. The fraction of sp³-hybridized carbons (Fsp3) is 0.500. The molecule has 0 amide bonds. The van der Waals surface area contributed by atoms with Gasteiger partial charge in [-0.2, -0.15) is 5.10 Å². The van der Waals surface area contributed by atoms with E-state index in [2.05, 4.69) is 23.1 Å². The normalized spacial score (nSPS) is 21.3. The summed E-state index contributed by atoms with van der Waals surface area (Å²) in [5.74, 6) is 0.279. The van der Waals surface area contributed by atoms with Crippen molar-refractivity contribution in [3.8, 4) is 5.75 Å². The van der Waals surface area contributed by atoms with Crippen molar-refractivity contribution in [2.24, 2.45) is 0 Å². The van der Waals surface area contributed by atoms with Crippen molar-refractivity contribution in [2.75, 3.05) is 19.7 Å². The number of halogens is 1. The Morgan fingerprint density at radius 1 is 1.33 bits per heavy atom. The highest BCUT2D eigenvalue weighted by atomic mass is 19.1. The van der Waals surface area contributed by atoms with E-state index >= 15 is 0 Å². The van der Waals surface area contributed by atoms with E-state index in [0.717, 1.165) is 31.6 Å². The van der Waals surface area contributed by atoms with Crippen molar-refractivity contribution in [3.05, 3.63) is 48.0 Å². The second kappa shape index (κ2) is 7.32. The van der Waals surface area contributed by atoms with Crippen molar-refractivity contribution < 1.29 is 14.2 Å². The summed E-state index contributed by atoms with van der Waals surface area (Å²) in [7, 11) is 0. The van der Waals surface area contributed by atoms with Crippen molar-refractivity contribution in [3.63, 3.8) is 0 Å². The molecule has 24 heavy (non-hydrogen) atoms.